The van der Waals surface area contributed by atoms with E-state index < -0.39 is 0 Å². The lowest BCUT2D eigenvalue weighted by molar-refractivity contribution is 0.0920. The average molecular weight is 767 g/mol. The molecule has 3 N–H and O–H groups in total. The Bertz CT molecular complexity index is 2090. The van der Waals surface area contributed by atoms with Crippen molar-refractivity contribution in [2.24, 2.45) is 11.8 Å². The van der Waals surface area contributed by atoms with Crippen LogP contribution in [0.25, 0.3) is 21.8 Å². The number of nitrogens with zero attached hydrogens (tertiary/aromatic N) is 3. The molecule has 2 aromatic heterocycles. The molecule has 10 nitrogen and oxygen atoms in total. The maximum atomic E-state index is 13.1. The lowest BCUT2D eigenvalue weighted by Crippen LogP contribution is -2.43. The molecule has 6 rings (SSSR count). The van der Waals surface area contributed by atoms with Crippen molar-refractivity contribution in [1.82, 2.24) is 30.0 Å². The fraction of sp³-hybridized carbons (Fsp3) is 0.565. The van der Waals surface area contributed by atoms with Crippen LogP contribution in [-0.2, 0) is 0 Å². The minimum Gasteiger partial charge on any atom is -0.352 e. The fourth-order valence-electron chi connectivity index (χ4n) is 8.40. The summed E-state index contributed by atoms with van der Waals surface area (Å²) >= 11 is 0. The van der Waals surface area contributed by atoms with Crippen LogP contribution in [0.1, 0.15) is 130 Å². The van der Waals surface area contributed by atoms with Crippen LogP contribution in [0, 0.1) is 25.7 Å². The number of unbranched alkanes of at least 4 members (excludes halogenated alkanes) is 1. The first kappa shape index (κ1) is 42.9. The summed E-state index contributed by atoms with van der Waals surface area (Å²) in [5.41, 5.74) is 3.99. The SMILES string of the molecule is CCCCC(C)N1CCC(CNC(=O)c2cc3c(C)cccc3n(C(C)C)c2=O)CC1.Cc1cccc2c1cc(C(=O)NCC1CCNCC1)c(=O)n2C(C)C. The first-order valence-electron chi connectivity index (χ1n) is 21.1. The summed E-state index contributed by atoms with van der Waals surface area (Å²) in [6.07, 6.45) is 8.13. The molecule has 0 bridgehead atoms. The Morgan fingerprint density at radius 2 is 1.16 bits per heavy atom. The van der Waals surface area contributed by atoms with E-state index in [9.17, 15) is 19.2 Å². The summed E-state index contributed by atoms with van der Waals surface area (Å²) < 4.78 is 3.47. The predicted molar refractivity (Wildman–Crippen MR) is 230 cm³/mol. The second-order valence-electron chi connectivity index (χ2n) is 16.8. The van der Waals surface area contributed by atoms with E-state index in [1.165, 1.54) is 19.3 Å². The minimum atomic E-state index is -0.261. The van der Waals surface area contributed by atoms with Crippen LogP contribution in [0.5, 0.6) is 0 Å². The number of fused-ring (bicyclic) bond motifs is 2. The van der Waals surface area contributed by atoms with Crippen LogP contribution in [0.2, 0.25) is 0 Å². The number of likely N-dealkylation sites (tertiary alicyclic amines) is 1. The van der Waals surface area contributed by atoms with Crippen LogP contribution in [-0.4, -0.2) is 71.2 Å². The van der Waals surface area contributed by atoms with Crippen LogP contribution in [0.15, 0.2) is 58.1 Å². The molecule has 10 heteroatoms. The summed E-state index contributed by atoms with van der Waals surface area (Å²) in [6, 6.07) is 16.0. The molecule has 1 atom stereocenters. The maximum absolute atomic E-state index is 13.1. The van der Waals surface area contributed by atoms with Crippen molar-refractivity contribution in [2.75, 3.05) is 39.3 Å². The zero-order valence-electron chi connectivity index (χ0n) is 35.2. The molecule has 0 spiro atoms. The van der Waals surface area contributed by atoms with E-state index in [0.29, 0.717) is 31.0 Å². The van der Waals surface area contributed by atoms with E-state index in [0.717, 1.165) is 84.8 Å². The average Bonchev–Trinajstić information content (AvgIpc) is 3.18. The molecule has 2 aliphatic rings. The van der Waals surface area contributed by atoms with E-state index in [-0.39, 0.29) is 46.1 Å². The molecular weight excluding hydrogens is 701 g/mol. The van der Waals surface area contributed by atoms with Crippen molar-refractivity contribution in [1.29, 1.82) is 0 Å². The minimum absolute atomic E-state index is 0.00558. The number of aryl methyl sites for hydroxylation is 2. The van der Waals surface area contributed by atoms with Crippen molar-refractivity contribution in [3.63, 3.8) is 0 Å². The number of aromatic nitrogens is 2. The molecule has 4 heterocycles. The van der Waals surface area contributed by atoms with E-state index >= 15 is 0 Å². The normalized spacial score (nSPS) is 16.2. The van der Waals surface area contributed by atoms with E-state index in [2.05, 4.69) is 34.7 Å². The van der Waals surface area contributed by atoms with Gasteiger partial charge < -0.3 is 30.0 Å². The topological polar surface area (TPSA) is 117 Å². The number of benzene rings is 2. The molecule has 1 unspecified atom stereocenters. The maximum Gasteiger partial charge on any atom is 0.264 e. The summed E-state index contributed by atoms with van der Waals surface area (Å²) in [5.74, 6) is 0.458. The number of carbonyl (C=O) groups excluding carboxylic acids is 2. The van der Waals surface area contributed by atoms with E-state index in [1.807, 2.05) is 77.9 Å². The summed E-state index contributed by atoms with van der Waals surface area (Å²) in [6.45, 7) is 22.0. The molecule has 0 saturated carbocycles. The zero-order chi connectivity index (χ0) is 40.5. The molecule has 2 fully saturated rings. The molecule has 2 aromatic carbocycles. The van der Waals surface area contributed by atoms with Gasteiger partial charge in [-0.25, -0.2) is 0 Å². The number of carbonyl (C=O) groups is 2. The second kappa shape index (κ2) is 19.7. The molecule has 2 saturated heterocycles. The Hall–Kier alpha value is -4.28. The number of hydrogen-bond acceptors (Lipinski definition) is 6. The molecule has 304 valence electrons. The van der Waals surface area contributed by atoms with Gasteiger partial charge in [-0.05, 0) is 154 Å². The Balaban J connectivity index is 0.000000219. The van der Waals surface area contributed by atoms with Gasteiger partial charge in [0.2, 0.25) is 0 Å². The fourth-order valence-corrected chi connectivity index (χ4v) is 8.40. The third-order valence-corrected chi connectivity index (χ3v) is 11.9. The van der Waals surface area contributed by atoms with E-state index in [4.69, 9.17) is 0 Å². The van der Waals surface area contributed by atoms with Gasteiger partial charge in [0.15, 0.2) is 0 Å². The van der Waals surface area contributed by atoms with Crippen LogP contribution in [0.3, 0.4) is 0 Å². The highest BCUT2D eigenvalue weighted by Gasteiger charge is 2.25. The quantitative estimate of drug-likeness (QED) is 0.137. The largest absolute Gasteiger partial charge is 0.352 e. The van der Waals surface area contributed by atoms with Crippen molar-refractivity contribution in [3.05, 3.63) is 91.5 Å². The van der Waals surface area contributed by atoms with Crippen molar-refractivity contribution in [2.45, 2.75) is 118 Å². The van der Waals surface area contributed by atoms with Gasteiger partial charge in [0.25, 0.3) is 22.9 Å². The van der Waals surface area contributed by atoms with Gasteiger partial charge in [-0.1, -0.05) is 44.0 Å². The first-order valence-corrected chi connectivity index (χ1v) is 21.1. The van der Waals surface area contributed by atoms with Crippen LogP contribution < -0.4 is 27.1 Å². The summed E-state index contributed by atoms with van der Waals surface area (Å²) in [5, 5.41) is 11.3. The number of nitrogens with one attached hydrogen (secondary N) is 3. The van der Waals surface area contributed by atoms with E-state index in [1.54, 1.807) is 21.3 Å². The molecule has 56 heavy (non-hydrogen) atoms. The molecule has 2 aliphatic heterocycles. The Kier molecular flexibility index (Phi) is 15.1. The van der Waals surface area contributed by atoms with Crippen molar-refractivity contribution in [3.8, 4) is 0 Å². The van der Waals surface area contributed by atoms with Crippen LogP contribution >= 0.6 is 0 Å². The Morgan fingerprint density at radius 3 is 1.59 bits per heavy atom. The Labute approximate surface area is 333 Å². The number of rotatable bonds is 12. The third-order valence-electron chi connectivity index (χ3n) is 11.9. The lowest BCUT2D eigenvalue weighted by Gasteiger charge is -2.36. The Morgan fingerprint density at radius 1 is 0.714 bits per heavy atom. The first-order chi connectivity index (χ1) is 26.8. The number of pyridine rings is 2. The highest BCUT2D eigenvalue weighted by atomic mass is 16.2. The summed E-state index contributed by atoms with van der Waals surface area (Å²) in [4.78, 5) is 54.3. The lowest BCUT2D eigenvalue weighted by atomic mass is 9.95. The number of amides is 2. The molecule has 0 aliphatic carbocycles. The predicted octanol–water partition coefficient (Wildman–Crippen LogP) is 7.53. The van der Waals surface area contributed by atoms with Gasteiger partial charge in [0.05, 0.1) is 11.0 Å². The standard InChI is InChI=1S/C26H39N3O2.C20H27N3O2/c1-6-7-10-20(5)28-14-12-21(13-15-28)17-27-25(30)23-16-22-19(4)9-8-11-24(22)29(18(2)3)26(23)31;1-13(2)23-18-6-4-5-14(3)16(18)11-17(20(23)25)19(24)22-12-15-7-9-21-10-8-15/h8-9,11,16,18,20-21H,6-7,10,12-15,17H2,1-5H3,(H,27,30);4-6,11,13,15,21H,7-10,12H2,1-3H3,(H,22,24). The van der Waals surface area contributed by atoms with Gasteiger partial charge in [-0.15, -0.1) is 0 Å². The van der Waals surface area contributed by atoms with Gasteiger partial charge >= 0.3 is 0 Å². The molecule has 4 aromatic rings. The monoisotopic (exact) mass is 767 g/mol. The van der Waals surface area contributed by atoms with Crippen molar-refractivity contribution >= 4 is 33.6 Å². The zero-order valence-corrected chi connectivity index (χ0v) is 35.2. The highest BCUT2D eigenvalue weighted by molar-refractivity contribution is 5.99. The molecular formula is C46H66N6O4. The highest BCUT2D eigenvalue weighted by Crippen LogP contribution is 2.24. The third kappa shape index (κ3) is 10.2. The van der Waals surface area contributed by atoms with Crippen molar-refractivity contribution < 1.29 is 9.59 Å². The molecule has 2 amide bonds. The molecule has 0 radical (unpaired) electrons. The van der Waals surface area contributed by atoms with Crippen LogP contribution in [0.4, 0.5) is 0 Å². The van der Waals surface area contributed by atoms with Gasteiger partial charge in [0.1, 0.15) is 11.1 Å². The summed E-state index contributed by atoms with van der Waals surface area (Å²) in [7, 11) is 0. The number of piperidine rings is 2. The second-order valence-corrected chi connectivity index (χ2v) is 16.8. The smallest absolute Gasteiger partial charge is 0.264 e. The number of hydrogen-bond donors (Lipinski definition) is 3. The van der Waals surface area contributed by atoms with Gasteiger partial charge in [0, 0.05) is 42.0 Å². The van der Waals surface area contributed by atoms with Gasteiger partial charge in [-0.2, -0.15) is 0 Å². The van der Waals surface area contributed by atoms with Gasteiger partial charge in [-0.3, -0.25) is 19.2 Å².